The third kappa shape index (κ3) is 3.93. The molecule has 106 valence electrons. The van der Waals surface area contributed by atoms with Gasteiger partial charge in [0.15, 0.2) is 5.82 Å². The number of aromatic nitrogens is 2. The van der Waals surface area contributed by atoms with Crippen LogP contribution in [0.3, 0.4) is 0 Å². The van der Waals surface area contributed by atoms with Gasteiger partial charge >= 0.3 is 0 Å². The van der Waals surface area contributed by atoms with E-state index >= 15 is 0 Å². The maximum absolute atomic E-state index is 9.53. The summed E-state index contributed by atoms with van der Waals surface area (Å²) >= 11 is 0. The van der Waals surface area contributed by atoms with Gasteiger partial charge in [-0.05, 0) is 12.8 Å². The van der Waals surface area contributed by atoms with Crippen molar-refractivity contribution in [2.24, 2.45) is 0 Å². The van der Waals surface area contributed by atoms with Crippen LogP contribution in [0.25, 0.3) is 11.4 Å². The highest BCUT2D eigenvalue weighted by molar-refractivity contribution is 5.60. The molecule has 0 spiro atoms. The number of hydrogen-bond donors (Lipinski definition) is 3. The van der Waals surface area contributed by atoms with Gasteiger partial charge in [-0.25, -0.2) is 9.97 Å². The first-order chi connectivity index (χ1) is 9.69. The maximum atomic E-state index is 9.53. The predicted octanol–water partition coefficient (Wildman–Crippen LogP) is 2.30. The maximum Gasteiger partial charge on any atom is 0.163 e. The van der Waals surface area contributed by atoms with Crippen molar-refractivity contribution in [2.75, 3.05) is 17.6 Å². The molecule has 5 heteroatoms. The Balaban J connectivity index is 2.09. The van der Waals surface area contributed by atoms with E-state index in [0.29, 0.717) is 30.4 Å². The van der Waals surface area contributed by atoms with Gasteiger partial charge in [-0.15, -0.1) is 0 Å². The highest BCUT2D eigenvalue weighted by Crippen LogP contribution is 2.18. The molecule has 1 heterocycles. The molecule has 0 radical (unpaired) electrons. The van der Waals surface area contributed by atoms with Crippen LogP contribution in [-0.4, -0.2) is 27.7 Å². The number of nitrogens with one attached hydrogen (secondary N) is 1. The minimum Gasteiger partial charge on any atom is -0.393 e. The van der Waals surface area contributed by atoms with E-state index in [4.69, 9.17) is 5.73 Å². The first-order valence-corrected chi connectivity index (χ1v) is 6.81. The first kappa shape index (κ1) is 14.3. The highest BCUT2D eigenvalue weighted by atomic mass is 16.3. The smallest absolute Gasteiger partial charge is 0.163 e. The molecule has 2 rings (SSSR count). The van der Waals surface area contributed by atoms with E-state index in [0.717, 1.165) is 12.0 Å². The molecular weight excluding hydrogens is 252 g/mol. The fourth-order valence-corrected chi connectivity index (χ4v) is 1.84. The largest absolute Gasteiger partial charge is 0.393 e. The number of hydrogen-bond acceptors (Lipinski definition) is 5. The second kappa shape index (κ2) is 6.86. The average molecular weight is 272 g/mol. The van der Waals surface area contributed by atoms with Crippen LogP contribution in [0.15, 0.2) is 36.4 Å². The summed E-state index contributed by atoms with van der Waals surface area (Å²) in [6.45, 7) is 2.61. The molecule has 1 aromatic heterocycles. The lowest BCUT2D eigenvalue weighted by Gasteiger charge is -2.10. The van der Waals surface area contributed by atoms with Gasteiger partial charge in [0.1, 0.15) is 11.6 Å². The van der Waals surface area contributed by atoms with Gasteiger partial charge in [-0.3, -0.25) is 0 Å². The van der Waals surface area contributed by atoms with Gasteiger partial charge in [0.05, 0.1) is 6.10 Å². The van der Waals surface area contributed by atoms with Crippen LogP contribution >= 0.6 is 0 Å². The van der Waals surface area contributed by atoms with Gasteiger partial charge < -0.3 is 16.2 Å². The van der Waals surface area contributed by atoms with Crippen LogP contribution < -0.4 is 11.1 Å². The van der Waals surface area contributed by atoms with E-state index < -0.39 is 0 Å². The topological polar surface area (TPSA) is 84.1 Å². The number of aliphatic hydroxyl groups is 1. The Kier molecular flexibility index (Phi) is 4.90. The van der Waals surface area contributed by atoms with Crippen molar-refractivity contribution in [3.8, 4) is 11.4 Å². The van der Waals surface area contributed by atoms with Gasteiger partial charge in [0, 0.05) is 18.2 Å². The number of nitrogen functional groups attached to an aromatic ring is 1. The Morgan fingerprint density at radius 3 is 2.70 bits per heavy atom. The second-order valence-corrected chi connectivity index (χ2v) is 4.65. The quantitative estimate of drug-likeness (QED) is 0.751. The fraction of sp³-hybridized carbons (Fsp3) is 0.333. The number of rotatable bonds is 6. The summed E-state index contributed by atoms with van der Waals surface area (Å²) in [5.41, 5.74) is 6.74. The van der Waals surface area contributed by atoms with E-state index in [1.807, 2.05) is 37.3 Å². The van der Waals surface area contributed by atoms with Crippen LogP contribution in [0.1, 0.15) is 19.8 Å². The highest BCUT2D eigenvalue weighted by Gasteiger charge is 2.06. The second-order valence-electron chi connectivity index (χ2n) is 4.65. The van der Waals surface area contributed by atoms with E-state index in [9.17, 15) is 5.11 Å². The Morgan fingerprint density at radius 2 is 2.00 bits per heavy atom. The average Bonchev–Trinajstić information content (AvgIpc) is 2.47. The minimum absolute atomic E-state index is 0.282. The molecule has 0 saturated carbocycles. The number of anilines is 2. The number of nitrogens with two attached hydrogens (primary N) is 1. The predicted molar refractivity (Wildman–Crippen MR) is 81.3 cm³/mol. The normalized spacial score (nSPS) is 12.1. The third-order valence-corrected chi connectivity index (χ3v) is 3.03. The van der Waals surface area contributed by atoms with Crippen molar-refractivity contribution in [3.05, 3.63) is 36.4 Å². The lowest BCUT2D eigenvalue weighted by Crippen LogP contribution is -2.13. The molecule has 1 atom stereocenters. The zero-order chi connectivity index (χ0) is 14.4. The monoisotopic (exact) mass is 272 g/mol. The SMILES string of the molecule is CCC(O)CCNc1cc(N)nc(-c2ccccc2)n1. The summed E-state index contributed by atoms with van der Waals surface area (Å²) in [7, 11) is 0. The molecule has 20 heavy (non-hydrogen) atoms. The van der Waals surface area contributed by atoms with Gasteiger partial charge in [0.2, 0.25) is 0 Å². The van der Waals surface area contributed by atoms with Crippen LogP contribution in [0.4, 0.5) is 11.6 Å². The van der Waals surface area contributed by atoms with Crippen molar-refractivity contribution in [1.29, 1.82) is 0 Å². The molecule has 0 aliphatic carbocycles. The molecule has 5 nitrogen and oxygen atoms in total. The Morgan fingerprint density at radius 1 is 1.25 bits per heavy atom. The van der Waals surface area contributed by atoms with Crippen molar-refractivity contribution in [3.63, 3.8) is 0 Å². The van der Waals surface area contributed by atoms with Crippen molar-refractivity contribution in [2.45, 2.75) is 25.9 Å². The van der Waals surface area contributed by atoms with Crippen LogP contribution in [-0.2, 0) is 0 Å². The number of benzene rings is 1. The summed E-state index contributed by atoms with van der Waals surface area (Å²) < 4.78 is 0. The number of nitrogens with zero attached hydrogens (tertiary/aromatic N) is 2. The van der Waals surface area contributed by atoms with Crippen molar-refractivity contribution >= 4 is 11.6 Å². The summed E-state index contributed by atoms with van der Waals surface area (Å²) in [5.74, 6) is 1.71. The van der Waals surface area contributed by atoms with Gasteiger partial charge in [-0.1, -0.05) is 37.3 Å². The van der Waals surface area contributed by atoms with Crippen LogP contribution in [0.2, 0.25) is 0 Å². The molecule has 1 aromatic carbocycles. The lowest BCUT2D eigenvalue weighted by molar-refractivity contribution is 0.164. The Bertz CT molecular complexity index is 545. The molecule has 0 aliphatic heterocycles. The van der Waals surface area contributed by atoms with E-state index in [1.54, 1.807) is 6.07 Å². The standard InChI is InChI=1S/C15H20N4O/c1-2-12(20)8-9-17-14-10-13(16)18-15(19-14)11-6-4-3-5-7-11/h3-7,10,12,20H,2,8-9H2,1H3,(H3,16,17,18,19). The zero-order valence-corrected chi connectivity index (χ0v) is 11.6. The molecule has 1 unspecified atom stereocenters. The van der Waals surface area contributed by atoms with Crippen molar-refractivity contribution < 1.29 is 5.11 Å². The molecule has 0 fully saturated rings. The Hall–Kier alpha value is -2.14. The molecule has 0 aliphatic rings. The number of aliphatic hydroxyl groups excluding tert-OH is 1. The molecular formula is C15H20N4O. The van der Waals surface area contributed by atoms with Gasteiger partial charge in [-0.2, -0.15) is 0 Å². The fourth-order valence-electron chi connectivity index (χ4n) is 1.84. The lowest BCUT2D eigenvalue weighted by atomic mass is 10.2. The summed E-state index contributed by atoms with van der Waals surface area (Å²) in [4.78, 5) is 8.68. The zero-order valence-electron chi connectivity index (χ0n) is 11.6. The van der Waals surface area contributed by atoms with Gasteiger partial charge in [0.25, 0.3) is 0 Å². The van der Waals surface area contributed by atoms with E-state index in [-0.39, 0.29) is 6.10 Å². The van der Waals surface area contributed by atoms with Crippen LogP contribution in [0.5, 0.6) is 0 Å². The third-order valence-electron chi connectivity index (χ3n) is 3.03. The molecule has 4 N–H and O–H groups in total. The molecule has 0 saturated heterocycles. The van der Waals surface area contributed by atoms with E-state index in [1.165, 1.54) is 0 Å². The minimum atomic E-state index is -0.282. The molecule has 0 amide bonds. The van der Waals surface area contributed by atoms with Crippen LogP contribution in [0, 0.1) is 0 Å². The summed E-state index contributed by atoms with van der Waals surface area (Å²) in [6, 6.07) is 11.4. The van der Waals surface area contributed by atoms with Crippen molar-refractivity contribution in [1.82, 2.24) is 9.97 Å². The molecule has 0 bridgehead atoms. The van der Waals surface area contributed by atoms with E-state index in [2.05, 4.69) is 15.3 Å². The first-order valence-electron chi connectivity index (χ1n) is 6.81. The Labute approximate surface area is 118 Å². The molecule has 2 aromatic rings. The summed E-state index contributed by atoms with van der Waals surface area (Å²) in [6.07, 6.45) is 1.15. The summed E-state index contributed by atoms with van der Waals surface area (Å²) in [5, 5.41) is 12.7.